The lowest BCUT2D eigenvalue weighted by atomic mass is 10.2. The molecule has 0 radical (unpaired) electrons. The molecule has 28 heavy (non-hydrogen) atoms. The van der Waals surface area contributed by atoms with Gasteiger partial charge in [-0.15, -0.1) is 0 Å². The van der Waals surface area contributed by atoms with E-state index >= 15 is 0 Å². The molecule has 0 aliphatic carbocycles. The third kappa shape index (κ3) is 4.49. The number of hydrogen-bond donors (Lipinski definition) is 2. The molecule has 2 N–H and O–H groups in total. The molecule has 0 atom stereocenters. The molecule has 9 heteroatoms. The molecule has 1 heterocycles. The van der Waals surface area contributed by atoms with E-state index in [2.05, 4.69) is 15.7 Å². The van der Waals surface area contributed by atoms with Crippen LogP contribution in [0.15, 0.2) is 48.5 Å². The number of aryl methyl sites for hydroxylation is 1. The average Bonchev–Trinajstić information content (AvgIpc) is 2.89. The molecule has 0 unspecified atom stereocenters. The van der Waals surface area contributed by atoms with Gasteiger partial charge in [0.2, 0.25) is 0 Å². The lowest BCUT2D eigenvalue weighted by Crippen LogP contribution is -2.20. The van der Waals surface area contributed by atoms with Crippen molar-refractivity contribution < 1.29 is 9.31 Å². The fourth-order valence-corrected chi connectivity index (χ4v) is 3.00. The molecule has 2 aromatic carbocycles. The van der Waals surface area contributed by atoms with Gasteiger partial charge in [0, 0.05) is 17.8 Å². The van der Waals surface area contributed by atoms with Crippen LogP contribution in [0.1, 0.15) is 17.0 Å². The normalized spacial score (nSPS) is 10.5. The predicted octanol–water partition coefficient (Wildman–Crippen LogP) is 4.40. The van der Waals surface area contributed by atoms with Crippen LogP contribution in [0.2, 0.25) is 0 Å². The molecule has 7 nitrogen and oxygen atoms in total. The third-order valence-electron chi connectivity index (χ3n) is 4.18. The van der Waals surface area contributed by atoms with Gasteiger partial charge >= 0.3 is 0 Å². The summed E-state index contributed by atoms with van der Waals surface area (Å²) in [5.74, 6) is -0.286. The Kier molecular flexibility index (Phi) is 5.65. The Hall–Kier alpha value is -3.33. The van der Waals surface area contributed by atoms with E-state index in [-0.39, 0.29) is 11.5 Å². The molecule has 3 aromatic rings. The van der Waals surface area contributed by atoms with E-state index in [4.69, 9.17) is 12.2 Å². The maximum Gasteiger partial charge on any atom is 0.269 e. The number of non-ortho nitro benzene ring substituents is 1. The van der Waals surface area contributed by atoms with Gasteiger partial charge in [-0.1, -0.05) is 12.1 Å². The summed E-state index contributed by atoms with van der Waals surface area (Å²) < 4.78 is 15.2. The molecule has 0 saturated carbocycles. The molecule has 0 bridgehead atoms. The Bertz CT molecular complexity index is 1030. The second-order valence-electron chi connectivity index (χ2n) is 6.22. The van der Waals surface area contributed by atoms with Gasteiger partial charge < -0.3 is 10.6 Å². The third-order valence-corrected chi connectivity index (χ3v) is 4.38. The van der Waals surface area contributed by atoms with E-state index < -0.39 is 4.92 Å². The molecule has 0 aliphatic rings. The monoisotopic (exact) mass is 399 g/mol. The Morgan fingerprint density at radius 1 is 1.21 bits per heavy atom. The standard InChI is InChI=1S/C19H18FN5O2S/c1-12-18(13(2)24(23-12)11-14-4-3-5-15(20)10-14)22-19(28)21-16-6-8-17(9-7-16)25(26)27/h3-10H,11H2,1-2H3,(H2,21,22,28). The highest BCUT2D eigenvalue weighted by Crippen LogP contribution is 2.22. The number of nitrogens with zero attached hydrogens (tertiary/aromatic N) is 3. The lowest BCUT2D eigenvalue weighted by Gasteiger charge is -2.11. The van der Waals surface area contributed by atoms with Crippen LogP contribution < -0.4 is 10.6 Å². The van der Waals surface area contributed by atoms with E-state index in [0.29, 0.717) is 17.3 Å². The van der Waals surface area contributed by atoms with Crippen LogP contribution in [-0.2, 0) is 6.54 Å². The van der Waals surface area contributed by atoms with E-state index in [1.165, 1.54) is 24.3 Å². The van der Waals surface area contributed by atoms with Gasteiger partial charge in [0.05, 0.1) is 28.5 Å². The number of thiocarbonyl (C=S) groups is 1. The highest BCUT2D eigenvalue weighted by molar-refractivity contribution is 7.80. The van der Waals surface area contributed by atoms with Crippen molar-refractivity contribution in [2.45, 2.75) is 20.4 Å². The van der Waals surface area contributed by atoms with Crippen LogP contribution in [0.25, 0.3) is 0 Å². The molecule has 1 aromatic heterocycles. The minimum Gasteiger partial charge on any atom is -0.332 e. The Labute approximate surface area is 166 Å². The number of halogens is 1. The molecule has 0 saturated heterocycles. The fraction of sp³-hybridized carbons (Fsp3) is 0.158. The Morgan fingerprint density at radius 2 is 1.93 bits per heavy atom. The summed E-state index contributed by atoms with van der Waals surface area (Å²) in [6.07, 6.45) is 0. The van der Waals surface area contributed by atoms with Crippen molar-refractivity contribution in [1.29, 1.82) is 0 Å². The van der Waals surface area contributed by atoms with Gasteiger partial charge in [-0.05, 0) is 55.9 Å². The number of nitro groups is 1. The molecule has 0 fully saturated rings. The highest BCUT2D eigenvalue weighted by atomic mass is 32.1. The first-order valence-corrected chi connectivity index (χ1v) is 8.85. The van der Waals surface area contributed by atoms with Crippen molar-refractivity contribution >= 4 is 34.4 Å². The van der Waals surface area contributed by atoms with E-state index in [1.54, 1.807) is 22.9 Å². The predicted molar refractivity (Wildman–Crippen MR) is 110 cm³/mol. The summed E-state index contributed by atoms with van der Waals surface area (Å²) in [6, 6.07) is 12.4. The average molecular weight is 399 g/mol. The minimum atomic E-state index is -0.458. The maximum atomic E-state index is 13.4. The zero-order chi connectivity index (χ0) is 20.3. The minimum absolute atomic E-state index is 0.00902. The van der Waals surface area contributed by atoms with Gasteiger partial charge in [0.15, 0.2) is 5.11 Å². The first kappa shape index (κ1) is 19.4. The van der Waals surface area contributed by atoms with Crippen LogP contribution in [0.3, 0.4) is 0 Å². The van der Waals surface area contributed by atoms with Crippen LogP contribution in [0.5, 0.6) is 0 Å². The van der Waals surface area contributed by atoms with E-state index in [1.807, 2.05) is 19.9 Å². The second-order valence-corrected chi connectivity index (χ2v) is 6.62. The molecular formula is C19H18FN5O2S. The van der Waals surface area contributed by atoms with Gasteiger partial charge in [0.1, 0.15) is 5.82 Å². The summed E-state index contributed by atoms with van der Waals surface area (Å²) in [6.45, 7) is 4.19. The molecule has 144 valence electrons. The molecule has 0 aliphatic heterocycles. The number of nitro benzene ring substituents is 1. The maximum absolute atomic E-state index is 13.4. The van der Waals surface area contributed by atoms with Gasteiger partial charge in [0.25, 0.3) is 5.69 Å². The van der Waals surface area contributed by atoms with E-state index in [0.717, 1.165) is 22.6 Å². The Balaban J connectivity index is 1.70. The zero-order valence-electron chi connectivity index (χ0n) is 15.3. The first-order chi connectivity index (χ1) is 13.3. The largest absolute Gasteiger partial charge is 0.332 e. The summed E-state index contributed by atoms with van der Waals surface area (Å²) >= 11 is 5.34. The second kappa shape index (κ2) is 8.13. The van der Waals surface area contributed by atoms with Crippen molar-refractivity contribution in [3.8, 4) is 0 Å². The highest BCUT2D eigenvalue weighted by Gasteiger charge is 2.14. The van der Waals surface area contributed by atoms with Crippen molar-refractivity contribution in [2.75, 3.05) is 10.6 Å². The summed E-state index contributed by atoms with van der Waals surface area (Å²) in [4.78, 5) is 10.3. The van der Waals surface area contributed by atoms with E-state index in [9.17, 15) is 14.5 Å². The number of anilines is 2. The lowest BCUT2D eigenvalue weighted by molar-refractivity contribution is -0.384. The SMILES string of the molecule is Cc1nn(Cc2cccc(F)c2)c(C)c1NC(=S)Nc1ccc([N+](=O)[O-])cc1. The van der Waals surface area contributed by atoms with Crippen molar-refractivity contribution in [2.24, 2.45) is 0 Å². The molecule has 3 rings (SSSR count). The summed E-state index contributed by atoms with van der Waals surface area (Å²) in [5, 5.41) is 21.7. The van der Waals surface area contributed by atoms with Crippen LogP contribution in [0.4, 0.5) is 21.5 Å². The number of hydrogen-bond acceptors (Lipinski definition) is 4. The zero-order valence-corrected chi connectivity index (χ0v) is 16.1. The fourth-order valence-electron chi connectivity index (χ4n) is 2.78. The van der Waals surface area contributed by atoms with Gasteiger partial charge in [-0.25, -0.2) is 4.39 Å². The number of benzene rings is 2. The van der Waals surface area contributed by atoms with Crippen LogP contribution in [0, 0.1) is 29.8 Å². The van der Waals surface area contributed by atoms with Crippen molar-refractivity contribution in [3.05, 3.63) is 81.4 Å². The first-order valence-electron chi connectivity index (χ1n) is 8.44. The van der Waals surface area contributed by atoms with Gasteiger partial charge in [-0.3, -0.25) is 14.8 Å². The molecule has 0 amide bonds. The van der Waals surface area contributed by atoms with Crippen molar-refractivity contribution in [3.63, 3.8) is 0 Å². The van der Waals surface area contributed by atoms with Crippen LogP contribution >= 0.6 is 12.2 Å². The van der Waals surface area contributed by atoms with Crippen molar-refractivity contribution in [1.82, 2.24) is 9.78 Å². The quantitative estimate of drug-likeness (QED) is 0.376. The molecule has 0 spiro atoms. The number of rotatable bonds is 5. The number of aromatic nitrogens is 2. The Morgan fingerprint density at radius 3 is 2.57 bits per heavy atom. The topological polar surface area (TPSA) is 85.0 Å². The smallest absolute Gasteiger partial charge is 0.269 e. The van der Waals surface area contributed by atoms with Gasteiger partial charge in [-0.2, -0.15) is 5.10 Å². The summed E-state index contributed by atoms with van der Waals surface area (Å²) in [7, 11) is 0. The summed E-state index contributed by atoms with van der Waals surface area (Å²) in [5.41, 5.74) is 3.82. The molecular weight excluding hydrogens is 381 g/mol. The number of nitrogens with one attached hydrogen (secondary N) is 2. The van der Waals surface area contributed by atoms with Crippen LogP contribution in [-0.4, -0.2) is 19.8 Å².